The Morgan fingerprint density at radius 1 is 1.05 bits per heavy atom. The molecule has 0 radical (unpaired) electrons. The van der Waals surface area contributed by atoms with Gasteiger partial charge in [-0.05, 0) is 69.7 Å². The van der Waals surface area contributed by atoms with Gasteiger partial charge in [-0.2, -0.15) is 0 Å². The highest BCUT2D eigenvalue weighted by Crippen LogP contribution is 2.38. The molecule has 0 unspecified atom stereocenters. The molecule has 200 valence electrons. The first-order valence-electron chi connectivity index (χ1n) is 12.6. The maximum Gasteiger partial charge on any atom is 0.271 e. The van der Waals surface area contributed by atoms with E-state index in [9.17, 15) is 9.59 Å². The quantitative estimate of drug-likeness (QED) is 0.419. The molecule has 0 bridgehead atoms. The van der Waals surface area contributed by atoms with Gasteiger partial charge in [0, 0.05) is 18.7 Å². The third-order valence-corrected chi connectivity index (χ3v) is 7.51. The highest BCUT2D eigenvalue weighted by atomic mass is 32.1. The number of amides is 1. The van der Waals surface area contributed by atoms with Crippen LogP contribution in [0.4, 0.5) is 0 Å². The fourth-order valence-electron chi connectivity index (χ4n) is 4.60. The van der Waals surface area contributed by atoms with Crippen LogP contribution in [-0.2, 0) is 4.79 Å². The lowest BCUT2D eigenvalue weighted by atomic mass is 9.93. The zero-order valence-electron chi connectivity index (χ0n) is 22.6. The summed E-state index contributed by atoms with van der Waals surface area (Å²) in [5, 5.41) is 0. The molecule has 0 spiro atoms. The number of carbonyl (C=O) groups is 1. The van der Waals surface area contributed by atoms with E-state index in [2.05, 4.69) is 0 Å². The van der Waals surface area contributed by atoms with Gasteiger partial charge in [0.25, 0.3) is 11.5 Å². The molecule has 1 aliphatic rings. The first-order valence-corrected chi connectivity index (χ1v) is 13.4. The summed E-state index contributed by atoms with van der Waals surface area (Å²) >= 11 is 1.30. The number of aromatic nitrogens is 1. The number of allylic oxidation sites excluding steroid dienone is 1. The molecule has 0 N–H and O–H groups in total. The van der Waals surface area contributed by atoms with Gasteiger partial charge in [-0.3, -0.25) is 14.2 Å². The van der Waals surface area contributed by atoms with Crippen LogP contribution < -0.4 is 29.1 Å². The maximum absolute atomic E-state index is 13.9. The summed E-state index contributed by atoms with van der Waals surface area (Å²) in [6.45, 7) is 9.28. The van der Waals surface area contributed by atoms with Crippen LogP contribution in [0, 0.1) is 0 Å². The molecule has 0 saturated carbocycles. The Hall–Kier alpha value is -3.85. The zero-order valence-corrected chi connectivity index (χ0v) is 23.4. The van der Waals surface area contributed by atoms with Gasteiger partial charge >= 0.3 is 0 Å². The summed E-state index contributed by atoms with van der Waals surface area (Å²) < 4.78 is 18.8. The van der Waals surface area contributed by atoms with Crippen molar-refractivity contribution in [3.63, 3.8) is 0 Å². The Balaban J connectivity index is 1.97. The maximum atomic E-state index is 13.9. The number of ether oxygens (including phenoxy) is 3. The molecular weight excluding hydrogens is 502 g/mol. The summed E-state index contributed by atoms with van der Waals surface area (Å²) in [5.41, 5.74) is 2.32. The number of fused-ring (bicyclic) bond motifs is 1. The number of benzene rings is 2. The summed E-state index contributed by atoms with van der Waals surface area (Å²) in [4.78, 5) is 34.8. The topological polar surface area (TPSA) is 82.4 Å². The zero-order chi connectivity index (χ0) is 27.4. The minimum Gasteiger partial charge on any atom is -0.497 e. The van der Waals surface area contributed by atoms with Crippen molar-refractivity contribution >= 4 is 23.3 Å². The summed E-state index contributed by atoms with van der Waals surface area (Å²) in [7, 11) is 3.15. The van der Waals surface area contributed by atoms with Crippen molar-refractivity contribution in [2.24, 2.45) is 4.99 Å². The highest BCUT2D eigenvalue weighted by Gasteiger charge is 2.36. The van der Waals surface area contributed by atoms with Gasteiger partial charge in [0.05, 0.1) is 36.6 Å². The fraction of sp³-hybridized carbons (Fsp3) is 0.345. The predicted molar refractivity (Wildman–Crippen MR) is 149 cm³/mol. The van der Waals surface area contributed by atoms with Gasteiger partial charge in [0.2, 0.25) is 0 Å². The van der Waals surface area contributed by atoms with E-state index in [0.717, 1.165) is 11.3 Å². The van der Waals surface area contributed by atoms with Crippen LogP contribution in [-0.4, -0.2) is 49.3 Å². The van der Waals surface area contributed by atoms with E-state index < -0.39 is 6.04 Å². The van der Waals surface area contributed by atoms with E-state index in [0.29, 0.717) is 57.4 Å². The van der Waals surface area contributed by atoms with E-state index in [1.807, 2.05) is 64.1 Å². The van der Waals surface area contributed by atoms with Crippen LogP contribution in [0.3, 0.4) is 0 Å². The molecule has 9 heteroatoms. The van der Waals surface area contributed by atoms with Gasteiger partial charge in [-0.25, -0.2) is 4.99 Å². The van der Waals surface area contributed by atoms with Crippen molar-refractivity contribution in [1.29, 1.82) is 0 Å². The van der Waals surface area contributed by atoms with Crippen molar-refractivity contribution < 1.29 is 19.0 Å². The second-order valence-electron chi connectivity index (χ2n) is 8.67. The Kier molecular flexibility index (Phi) is 8.36. The molecule has 0 aliphatic carbocycles. The lowest BCUT2D eigenvalue weighted by Gasteiger charge is -2.30. The van der Waals surface area contributed by atoms with E-state index in [1.54, 1.807) is 35.8 Å². The molecule has 8 nitrogen and oxygen atoms in total. The average molecular weight is 536 g/mol. The molecule has 1 aliphatic heterocycles. The van der Waals surface area contributed by atoms with E-state index in [-0.39, 0.29) is 11.5 Å². The van der Waals surface area contributed by atoms with Crippen LogP contribution >= 0.6 is 11.3 Å². The number of methoxy groups -OCH3 is 2. The Bertz CT molecular complexity index is 1530. The highest BCUT2D eigenvalue weighted by molar-refractivity contribution is 7.07. The lowest BCUT2D eigenvalue weighted by Crippen LogP contribution is -2.43. The largest absolute Gasteiger partial charge is 0.497 e. The minimum absolute atomic E-state index is 0.160. The van der Waals surface area contributed by atoms with Crippen molar-refractivity contribution in [3.8, 4) is 17.2 Å². The molecule has 1 atom stereocenters. The van der Waals surface area contributed by atoms with E-state index in [1.165, 1.54) is 11.3 Å². The van der Waals surface area contributed by atoms with Crippen molar-refractivity contribution in [1.82, 2.24) is 9.47 Å². The number of thiazole rings is 1. The molecule has 3 aromatic rings. The van der Waals surface area contributed by atoms with Crippen LogP contribution in [0.25, 0.3) is 6.08 Å². The average Bonchev–Trinajstić information content (AvgIpc) is 3.23. The Morgan fingerprint density at radius 2 is 1.74 bits per heavy atom. The molecule has 0 fully saturated rings. The second kappa shape index (κ2) is 11.7. The van der Waals surface area contributed by atoms with E-state index >= 15 is 0 Å². The number of carbonyl (C=O) groups excluding carboxylic acids is 1. The molecule has 2 aromatic carbocycles. The molecule has 1 amide bonds. The smallest absolute Gasteiger partial charge is 0.271 e. The van der Waals surface area contributed by atoms with Gasteiger partial charge in [-0.15, -0.1) is 0 Å². The molecule has 0 saturated heterocycles. The normalized spacial score (nSPS) is 15.1. The van der Waals surface area contributed by atoms with Crippen LogP contribution in [0.15, 0.2) is 63.5 Å². The van der Waals surface area contributed by atoms with Crippen molar-refractivity contribution in [3.05, 3.63) is 84.5 Å². The first-order chi connectivity index (χ1) is 18.4. The standard InChI is InChI=1S/C29H33N3O5S/c1-7-31(8-2)28(34)25-18(4)30-29-32(26(25)22-17-21(35-5)14-15-23(22)36-6)27(33)24(38-29)16-19-10-12-20(13-11-19)37-9-3/h10-17,26H,7-9H2,1-6H3/b24-16+/t26-/m1/s1. The summed E-state index contributed by atoms with van der Waals surface area (Å²) in [5.74, 6) is 1.76. The van der Waals surface area contributed by atoms with Gasteiger partial charge < -0.3 is 19.1 Å². The molecule has 4 rings (SSSR count). The lowest BCUT2D eigenvalue weighted by molar-refractivity contribution is -0.127. The number of hydrogen-bond acceptors (Lipinski definition) is 7. The number of rotatable bonds is 9. The number of nitrogens with zero attached hydrogens (tertiary/aromatic N) is 3. The number of likely N-dealkylation sites (N-methyl/N-ethyl adjacent to an activating group) is 1. The van der Waals surface area contributed by atoms with E-state index in [4.69, 9.17) is 19.2 Å². The fourth-order valence-corrected chi connectivity index (χ4v) is 5.65. The summed E-state index contributed by atoms with van der Waals surface area (Å²) in [6, 6.07) is 12.2. The first kappa shape index (κ1) is 27.2. The SMILES string of the molecule is CCOc1ccc(/C=c2/sc3n(c2=O)[C@H](c2cc(OC)ccc2OC)C(C(=O)N(CC)CC)=C(C)N=3)cc1. The molecular formula is C29H33N3O5S. The third kappa shape index (κ3) is 5.11. The Morgan fingerprint density at radius 3 is 2.34 bits per heavy atom. The van der Waals surface area contributed by atoms with Gasteiger partial charge in [-0.1, -0.05) is 23.5 Å². The van der Waals surface area contributed by atoms with Crippen molar-refractivity contribution in [2.45, 2.75) is 33.7 Å². The van der Waals surface area contributed by atoms with Gasteiger partial charge in [0.15, 0.2) is 4.80 Å². The van der Waals surface area contributed by atoms with Crippen LogP contribution in [0.1, 0.15) is 44.9 Å². The molecule has 38 heavy (non-hydrogen) atoms. The molecule has 1 aromatic heterocycles. The minimum atomic E-state index is -0.730. The number of hydrogen-bond donors (Lipinski definition) is 0. The second-order valence-corrected chi connectivity index (χ2v) is 9.68. The Labute approximate surface area is 226 Å². The predicted octanol–water partition coefficient (Wildman–Crippen LogP) is 3.52. The van der Waals surface area contributed by atoms with Crippen LogP contribution in [0.5, 0.6) is 17.2 Å². The summed E-state index contributed by atoms with van der Waals surface area (Å²) in [6.07, 6.45) is 1.84. The van der Waals surface area contributed by atoms with Crippen molar-refractivity contribution in [2.75, 3.05) is 33.9 Å². The third-order valence-electron chi connectivity index (χ3n) is 6.52. The monoisotopic (exact) mass is 535 g/mol. The molecule has 2 heterocycles. The van der Waals surface area contributed by atoms with Crippen LogP contribution in [0.2, 0.25) is 0 Å². The van der Waals surface area contributed by atoms with Gasteiger partial charge in [0.1, 0.15) is 23.3 Å².